The largest absolute Gasteiger partial charge is 0.340 e. The zero-order chi connectivity index (χ0) is 19.2. The van der Waals surface area contributed by atoms with Crippen molar-refractivity contribution >= 4 is 5.91 Å². The maximum Gasteiger partial charge on any atom is 0.236 e. The van der Waals surface area contributed by atoms with Gasteiger partial charge in [0.05, 0.1) is 6.54 Å². The van der Waals surface area contributed by atoms with Gasteiger partial charge in [-0.2, -0.15) is 0 Å². The van der Waals surface area contributed by atoms with Crippen molar-refractivity contribution in [2.24, 2.45) is 11.7 Å². The topological polar surface area (TPSA) is 49.6 Å². The van der Waals surface area contributed by atoms with Crippen LogP contribution >= 0.6 is 0 Å². The Hall–Kier alpha value is -2.17. The average Bonchev–Trinajstić information content (AvgIpc) is 2.70. The van der Waals surface area contributed by atoms with Crippen molar-refractivity contribution in [3.63, 3.8) is 0 Å². The second-order valence-electron chi connectivity index (χ2n) is 7.81. The third-order valence-corrected chi connectivity index (χ3v) is 5.52. The number of rotatable bonds is 6. The predicted octanol–water partition coefficient (Wildman–Crippen LogP) is 3.50. The molecule has 0 radical (unpaired) electrons. The lowest BCUT2D eigenvalue weighted by molar-refractivity contribution is -0.128. The number of hydrogen-bond donors (Lipinski definition) is 1. The summed E-state index contributed by atoms with van der Waals surface area (Å²) >= 11 is 0. The Bertz CT molecular complexity index is 748. The monoisotopic (exact) mass is 365 g/mol. The standard InChI is InChI=1S/C23H31N3O/c1-18-10-12-26(13-11-18)17-19-6-8-21(9-7-19)22-5-3-4-20(14-22)16-25(2)23(27)15-24/h3-9,14,18H,10-13,15-17,24H2,1-2H3. The van der Waals surface area contributed by atoms with Gasteiger partial charge in [-0.1, -0.05) is 49.4 Å². The van der Waals surface area contributed by atoms with E-state index in [1.165, 1.54) is 42.6 Å². The number of benzene rings is 2. The highest BCUT2D eigenvalue weighted by Gasteiger charge is 2.15. The summed E-state index contributed by atoms with van der Waals surface area (Å²) in [5.41, 5.74) is 10.3. The Morgan fingerprint density at radius 1 is 1.07 bits per heavy atom. The van der Waals surface area contributed by atoms with Crippen molar-refractivity contribution in [3.8, 4) is 11.1 Å². The molecule has 1 aliphatic heterocycles. The molecule has 4 nitrogen and oxygen atoms in total. The van der Waals surface area contributed by atoms with Gasteiger partial charge in [0.1, 0.15) is 0 Å². The summed E-state index contributed by atoms with van der Waals surface area (Å²) in [5.74, 6) is 0.826. The lowest BCUT2D eigenvalue weighted by Gasteiger charge is -2.30. The zero-order valence-electron chi connectivity index (χ0n) is 16.5. The van der Waals surface area contributed by atoms with Gasteiger partial charge >= 0.3 is 0 Å². The molecular weight excluding hydrogens is 334 g/mol. The summed E-state index contributed by atoms with van der Waals surface area (Å²) in [6, 6.07) is 17.3. The summed E-state index contributed by atoms with van der Waals surface area (Å²) in [7, 11) is 1.79. The van der Waals surface area contributed by atoms with Gasteiger partial charge in [0.25, 0.3) is 0 Å². The molecular formula is C23H31N3O. The van der Waals surface area contributed by atoms with Crippen molar-refractivity contribution in [2.45, 2.75) is 32.9 Å². The summed E-state index contributed by atoms with van der Waals surface area (Å²) in [4.78, 5) is 15.9. The lowest BCUT2D eigenvalue weighted by atomic mass is 9.98. The molecule has 1 fully saturated rings. The van der Waals surface area contributed by atoms with Crippen LogP contribution in [-0.4, -0.2) is 42.4 Å². The van der Waals surface area contributed by atoms with Crippen LogP contribution in [0.1, 0.15) is 30.9 Å². The molecule has 0 bridgehead atoms. The van der Waals surface area contributed by atoms with Crippen LogP contribution in [0.5, 0.6) is 0 Å². The maximum atomic E-state index is 11.7. The van der Waals surface area contributed by atoms with Crippen LogP contribution in [0.25, 0.3) is 11.1 Å². The predicted molar refractivity (Wildman–Crippen MR) is 111 cm³/mol. The summed E-state index contributed by atoms with van der Waals surface area (Å²) in [6.07, 6.45) is 2.62. The first kappa shape index (κ1) is 19.6. The lowest BCUT2D eigenvalue weighted by Crippen LogP contribution is -2.32. The van der Waals surface area contributed by atoms with E-state index in [-0.39, 0.29) is 12.5 Å². The Balaban J connectivity index is 1.64. The van der Waals surface area contributed by atoms with Gasteiger partial charge in [-0.05, 0) is 60.2 Å². The molecule has 4 heteroatoms. The van der Waals surface area contributed by atoms with Crippen LogP contribution in [0, 0.1) is 5.92 Å². The first-order valence-corrected chi connectivity index (χ1v) is 9.90. The number of nitrogens with two attached hydrogens (primary N) is 1. The third-order valence-electron chi connectivity index (χ3n) is 5.52. The average molecular weight is 366 g/mol. The van der Waals surface area contributed by atoms with Gasteiger partial charge < -0.3 is 10.6 Å². The molecule has 1 aliphatic rings. The van der Waals surface area contributed by atoms with Crippen molar-refractivity contribution in [1.82, 2.24) is 9.80 Å². The van der Waals surface area contributed by atoms with Crippen molar-refractivity contribution < 1.29 is 4.79 Å². The molecule has 0 spiro atoms. The van der Waals surface area contributed by atoms with Crippen molar-refractivity contribution in [2.75, 3.05) is 26.7 Å². The van der Waals surface area contributed by atoms with Crippen LogP contribution in [0.3, 0.4) is 0 Å². The van der Waals surface area contributed by atoms with Gasteiger partial charge in [-0.25, -0.2) is 0 Å². The highest BCUT2D eigenvalue weighted by atomic mass is 16.2. The van der Waals surface area contributed by atoms with Gasteiger partial charge in [0, 0.05) is 20.1 Å². The van der Waals surface area contributed by atoms with E-state index < -0.39 is 0 Å². The van der Waals surface area contributed by atoms with E-state index in [0.717, 1.165) is 18.0 Å². The minimum absolute atomic E-state index is 0.0446. The zero-order valence-corrected chi connectivity index (χ0v) is 16.5. The van der Waals surface area contributed by atoms with E-state index in [2.05, 4.69) is 54.3 Å². The number of hydrogen-bond acceptors (Lipinski definition) is 3. The van der Waals surface area contributed by atoms with Crippen LogP contribution in [0.15, 0.2) is 48.5 Å². The molecule has 2 aromatic carbocycles. The van der Waals surface area contributed by atoms with Gasteiger partial charge in [0.2, 0.25) is 5.91 Å². The van der Waals surface area contributed by atoms with E-state index in [9.17, 15) is 4.79 Å². The minimum Gasteiger partial charge on any atom is -0.340 e. The molecule has 1 amide bonds. The first-order chi connectivity index (χ1) is 13.0. The first-order valence-electron chi connectivity index (χ1n) is 9.90. The Morgan fingerprint density at radius 3 is 2.44 bits per heavy atom. The minimum atomic E-state index is -0.0446. The number of amides is 1. The summed E-state index contributed by atoms with van der Waals surface area (Å²) in [6.45, 7) is 6.44. The highest BCUT2D eigenvalue weighted by molar-refractivity contribution is 5.77. The van der Waals surface area contributed by atoms with Crippen molar-refractivity contribution in [3.05, 3.63) is 59.7 Å². The number of likely N-dealkylation sites (tertiary alicyclic amines) is 1. The third kappa shape index (κ3) is 5.41. The van der Waals surface area contributed by atoms with E-state index in [1.54, 1.807) is 11.9 Å². The number of carbonyl (C=O) groups excluding carboxylic acids is 1. The number of piperidine rings is 1. The van der Waals surface area contributed by atoms with Gasteiger partial charge in [0.15, 0.2) is 0 Å². The summed E-state index contributed by atoms with van der Waals surface area (Å²) in [5, 5.41) is 0. The van der Waals surface area contributed by atoms with Crippen LogP contribution in [0.2, 0.25) is 0 Å². The van der Waals surface area contributed by atoms with E-state index in [4.69, 9.17) is 5.73 Å². The van der Waals surface area contributed by atoms with E-state index >= 15 is 0 Å². The maximum absolute atomic E-state index is 11.7. The molecule has 0 aromatic heterocycles. The fourth-order valence-corrected chi connectivity index (χ4v) is 3.65. The summed E-state index contributed by atoms with van der Waals surface area (Å²) < 4.78 is 0. The molecule has 0 atom stereocenters. The molecule has 0 saturated carbocycles. The molecule has 0 aliphatic carbocycles. The quantitative estimate of drug-likeness (QED) is 0.852. The molecule has 2 aromatic rings. The van der Waals surface area contributed by atoms with Crippen molar-refractivity contribution in [1.29, 1.82) is 0 Å². The number of carbonyl (C=O) groups is 1. The van der Waals surface area contributed by atoms with Crippen LogP contribution < -0.4 is 5.73 Å². The second-order valence-corrected chi connectivity index (χ2v) is 7.81. The molecule has 1 heterocycles. The normalized spacial score (nSPS) is 15.7. The molecule has 2 N–H and O–H groups in total. The second kappa shape index (κ2) is 9.16. The SMILES string of the molecule is CC1CCN(Cc2ccc(-c3cccc(CN(C)C(=O)CN)c3)cc2)CC1. The fourth-order valence-electron chi connectivity index (χ4n) is 3.65. The molecule has 3 rings (SSSR count). The van der Waals surface area contributed by atoms with Crippen LogP contribution in [0.4, 0.5) is 0 Å². The Kier molecular flexibility index (Phi) is 6.64. The van der Waals surface area contributed by atoms with E-state index in [1.807, 2.05) is 6.07 Å². The molecule has 1 saturated heterocycles. The van der Waals surface area contributed by atoms with Gasteiger partial charge in [-0.3, -0.25) is 9.69 Å². The molecule has 27 heavy (non-hydrogen) atoms. The fraction of sp³-hybridized carbons (Fsp3) is 0.435. The smallest absolute Gasteiger partial charge is 0.236 e. The molecule has 144 valence electrons. The number of nitrogens with zero attached hydrogens (tertiary/aromatic N) is 2. The Labute approximate surface area is 163 Å². The van der Waals surface area contributed by atoms with E-state index in [0.29, 0.717) is 6.54 Å². The molecule has 0 unspecified atom stereocenters. The van der Waals surface area contributed by atoms with Gasteiger partial charge in [-0.15, -0.1) is 0 Å². The number of likely N-dealkylation sites (N-methyl/N-ethyl adjacent to an activating group) is 1. The Morgan fingerprint density at radius 2 is 1.78 bits per heavy atom. The highest BCUT2D eigenvalue weighted by Crippen LogP contribution is 2.23. The van der Waals surface area contributed by atoms with Crippen LogP contribution in [-0.2, 0) is 17.9 Å².